The molecule has 0 nitrogen and oxygen atoms in total. The van der Waals surface area contributed by atoms with Crippen LogP contribution in [-0.4, -0.2) is 7.85 Å². The second-order valence-electron chi connectivity index (χ2n) is 4.89. The number of hydrogen-bond acceptors (Lipinski definition) is 0. The van der Waals surface area contributed by atoms with Crippen molar-refractivity contribution >= 4 is 7.85 Å². The van der Waals surface area contributed by atoms with Gasteiger partial charge in [0, 0.05) is 0 Å². The Morgan fingerprint density at radius 3 is 2.00 bits per heavy atom. The van der Waals surface area contributed by atoms with E-state index >= 15 is 0 Å². The summed E-state index contributed by atoms with van der Waals surface area (Å²) in [5.74, 6) is 0. The molecule has 0 fully saturated rings. The lowest BCUT2D eigenvalue weighted by Gasteiger charge is -2.32. The standard InChI is InChI=1S/C10H21B/c1-6-9(2,3)7-10(4,5)8-11/h6H,1,7-8,11H2,2-5H3. The second-order valence-corrected chi connectivity index (χ2v) is 4.89. The minimum atomic E-state index is 0.291. The third-order valence-electron chi connectivity index (χ3n) is 2.44. The van der Waals surface area contributed by atoms with Gasteiger partial charge in [0.05, 0.1) is 0 Å². The molecule has 0 aromatic heterocycles. The average Bonchev–Trinajstić information content (AvgIpc) is 1.86. The van der Waals surface area contributed by atoms with E-state index in [0.717, 1.165) is 0 Å². The van der Waals surface area contributed by atoms with Gasteiger partial charge in [0.1, 0.15) is 7.85 Å². The van der Waals surface area contributed by atoms with Crippen molar-refractivity contribution in [2.24, 2.45) is 10.8 Å². The molecular formula is C10H21B. The smallest absolute Gasteiger partial charge is 0.102 e. The molecule has 64 valence electrons. The molecule has 0 unspecified atom stereocenters. The maximum absolute atomic E-state index is 3.85. The first-order chi connectivity index (χ1) is 4.83. The fraction of sp³-hybridized carbons (Fsp3) is 0.800. The Balaban J connectivity index is 4.12. The lowest BCUT2D eigenvalue weighted by atomic mass is 9.69. The topological polar surface area (TPSA) is 0 Å². The molecule has 0 aliphatic rings. The SMILES string of the molecule is BCC(C)(C)CC(C)(C)C=C. The first-order valence-corrected chi connectivity index (χ1v) is 4.46. The summed E-state index contributed by atoms with van der Waals surface area (Å²) in [6.07, 6.45) is 4.52. The van der Waals surface area contributed by atoms with Crippen LogP contribution in [0.4, 0.5) is 0 Å². The van der Waals surface area contributed by atoms with Gasteiger partial charge in [-0.05, 0) is 17.3 Å². The van der Waals surface area contributed by atoms with Crippen LogP contribution in [0.15, 0.2) is 12.7 Å². The van der Waals surface area contributed by atoms with Crippen molar-refractivity contribution in [3.05, 3.63) is 12.7 Å². The van der Waals surface area contributed by atoms with Crippen LogP contribution in [0.25, 0.3) is 0 Å². The lowest BCUT2D eigenvalue weighted by Crippen LogP contribution is -2.20. The van der Waals surface area contributed by atoms with Crippen molar-refractivity contribution in [3.63, 3.8) is 0 Å². The van der Waals surface area contributed by atoms with Gasteiger partial charge in [-0.15, -0.1) is 6.58 Å². The maximum atomic E-state index is 3.85. The molecular weight excluding hydrogens is 131 g/mol. The summed E-state index contributed by atoms with van der Waals surface area (Å²) in [6, 6.07) is 0. The van der Waals surface area contributed by atoms with Crippen molar-refractivity contribution in [2.45, 2.75) is 40.4 Å². The van der Waals surface area contributed by atoms with Gasteiger partial charge >= 0.3 is 0 Å². The Kier molecular flexibility index (Phi) is 3.41. The van der Waals surface area contributed by atoms with E-state index in [1.54, 1.807) is 0 Å². The molecule has 0 atom stereocenters. The van der Waals surface area contributed by atoms with Crippen molar-refractivity contribution in [1.82, 2.24) is 0 Å². The van der Waals surface area contributed by atoms with Crippen molar-refractivity contribution in [2.75, 3.05) is 0 Å². The highest BCUT2D eigenvalue weighted by molar-refractivity contribution is 6.08. The van der Waals surface area contributed by atoms with Crippen LogP contribution in [0.2, 0.25) is 6.32 Å². The molecule has 0 spiro atoms. The summed E-state index contributed by atoms with van der Waals surface area (Å²) in [6.45, 7) is 13.0. The van der Waals surface area contributed by atoms with E-state index in [4.69, 9.17) is 0 Å². The quantitative estimate of drug-likeness (QED) is 0.429. The molecule has 0 amide bonds. The van der Waals surface area contributed by atoms with E-state index in [2.05, 4.69) is 48.2 Å². The summed E-state index contributed by atoms with van der Waals surface area (Å²) in [4.78, 5) is 0. The number of rotatable bonds is 4. The zero-order valence-electron chi connectivity index (χ0n) is 8.70. The molecule has 0 N–H and O–H groups in total. The molecule has 0 saturated heterocycles. The van der Waals surface area contributed by atoms with Gasteiger partial charge in [0.25, 0.3) is 0 Å². The average molecular weight is 152 g/mol. The van der Waals surface area contributed by atoms with Gasteiger partial charge in [-0.2, -0.15) is 0 Å². The van der Waals surface area contributed by atoms with Crippen LogP contribution in [0, 0.1) is 10.8 Å². The Morgan fingerprint density at radius 1 is 1.27 bits per heavy atom. The van der Waals surface area contributed by atoms with Crippen molar-refractivity contribution < 1.29 is 0 Å². The summed E-state index contributed by atoms with van der Waals surface area (Å²) in [7, 11) is 2.25. The summed E-state index contributed by atoms with van der Waals surface area (Å²) >= 11 is 0. The third kappa shape index (κ3) is 4.29. The number of allylic oxidation sites excluding steroid dienone is 1. The fourth-order valence-electron chi connectivity index (χ4n) is 1.43. The van der Waals surface area contributed by atoms with Gasteiger partial charge in [0.2, 0.25) is 0 Å². The molecule has 0 bridgehead atoms. The van der Waals surface area contributed by atoms with E-state index in [9.17, 15) is 0 Å². The summed E-state index contributed by atoms with van der Waals surface area (Å²) < 4.78 is 0. The minimum absolute atomic E-state index is 0.291. The van der Waals surface area contributed by atoms with E-state index < -0.39 is 0 Å². The Bertz CT molecular complexity index is 134. The molecule has 0 heterocycles. The zero-order valence-corrected chi connectivity index (χ0v) is 8.70. The Morgan fingerprint density at radius 2 is 1.73 bits per heavy atom. The molecule has 0 aliphatic carbocycles. The highest BCUT2D eigenvalue weighted by Crippen LogP contribution is 2.36. The molecule has 0 rings (SSSR count). The predicted octanol–water partition coefficient (Wildman–Crippen LogP) is 2.67. The van der Waals surface area contributed by atoms with E-state index in [-0.39, 0.29) is 0 Å². The van der Waals surface area contributed by atoms with Gasteiger partial charge in [-0.1, -0.05) is 40.1 Å². The van der Waals surface area contributed by atoms with Crippen LogP contribution in [0.5, 0.6) is 0 Å². The van der Waals surface area contributed by atoms with E-state index in [1.807, 2.05) is 0 Å². The monoisotopic (exact) mass is 152 g/mol. The minimum Gasteiger partial charge on any atom is -0.103 e. The second kappa shape index (κ2) is 3.47. The molecule has 0 aromatic rings. The highest BCUT2D eigenvalue weighted by atomic mass is 14.3. The Labute approximate surface area is 72.5 Å². The number of hydrogen-bond donors (Lipinski definition) is 0. The molecule has 0 radical (unpaired) electrons. The van der Waals surface area contributed by atoms with E-state index in [1.165, 1.54) is 12.7 Å². The highest BCUT2D eigenvalue weighted by Gasteiger charge is 2.24. The fourth-order valence-corrected chi connectivity index (χ4v) is 1.43. The van der Waals surface area contributed by atoms with E-state index in [0.29, 0.717) is 10.8 Å². The van der Waals surface area contributed by atoms with Gasteiger partial charge in [0.15, 0.2) is 0 Å². The summed E-state index contributed by atoms with van der Waals surface area (Å²) in [5.41, 5.74) is 0.747. The first-order valence-electron chi connectivity index (χ1n) is 4.46. The zero-order chi connectivity index (χ0) is 9.12. The van der Waals surface area contributed by atoms with Gasteiger partial charge in [-0.25, -0.2) is 0 Å². The lowest BCUT2D eigenvalue weighted by molar-refractivity contribution is 0.263. The molecule has 0 saturated carbocycles. The molecule has 1 heteroatoms. The van der Waals surface area contributed by atoms with Crippen LogP contribution < -0.4 is 0 Å². The van der Waals surface area contributed by atoms with Crippen LogP contribution >= 0.6 is 0 Å². The van der Waals surface area contributed by atoms with Crippen molar-refractivity contribution in [3.8, 4) is 0 Å². The maximum Gasteiger partial charge on any atom is 0.102 e. The molecule has 0 aliphatic heterocycles. The van der Waals surface area contributed by atoms with Gasteiger partial charge in [-0.3, -0.25) is 0 Å². The van der Waals surface area contributed by atoms with Crippen LogP contribution in [-0.2, 0) is 0 Å². The van der Waals surface area contributed by atoms with Crippen LogP contribution in [0.1, 0.15) is 34.1 Å². The first kappa shape index (κ1) is 10.8. The largest absolute Gasteiger partial charge is 0.103 e. The van der Waals surface area contributed by atoms with Crippen LogP contribution in [0.3, 0.4) is 0 Å². The summed E-state index contributed by atoms with van der Waals surface area (Å²) in [5, 5.41) is 0. The molecule has 0 aromatic carbocycles. The predicted molar refractivity (Wildman–Crippen MR) is 55.7 cm³/mol. The van der Waals surface area contributed by atoms with Gasteiger partial charge < -0.3 is 0 Å². The Hall–Kier alpha value is -0.195. The van der Waals surface area contributed by atoms with Crippen molar-refractivity contribution in [1.29, 1.82) is 0 Å². The molecule has 11 heavy (non-hydrogen) atoms. The normalized spacial score (nSPS) is 13.1. The third-order valence-corrected chi connectivity index (χ3v) is 2.44.